The second-order valence-electron chi connectivity index (χ2n) is 2.91. The molecule has 1 nitrogen and oxygen atoms in total. The molecule has 1 aliphatic rings. The van der Waals surface area contributed by atoms with Gasteiger partial charge in [-0.2, -0.15) is 0 Å². The molecular weight excluding hydrogens is 144 g/mol. The molecule has 0 bridgehead atoms. The standard InChI is InChI=1S/C8H13OS/c9-7-5-3-1-2-4-6-8(7)10/h7H,1-6H2. The summed E-state index contributed by atoms with van der Waals surface area (Å²) < 4.78 is 0. The van der Waals surface area contributed by atoms with Gasteiger partial charge >= 0.3 is 0 Å². The fraction of sp³-hybridized carbons (Fsp3) is 0.875. The second-order valence-corrected chi connectivity index (χ2v) is 3.43. The lowest BCUT2D eigenvalue weighted by atomic mass is 9.99. The van der Waals surface area contributed by atoms with E-state index in [0.29, 0.717) is 0 Å². The number of rotatable bonds is 0. The van der Waals surface area contributed by atoms with Gasteiger partial charge in [-0.05, 0) is 19.3 Å². The first-order valence-electron chi connectivity index (χ1n) is 3.99. The van der Waals surface area contributed by atoms with Crippen LogP contribution in [0.15, 0.2) is 0 Å². The first-order chi connectivity index (χ1) is 4.80. The molecule has 1 radical (unpaired) electrons. The highest BCUT2D eigenvalue weighted by atomic mass is 32.1. The van der Waals surface area contributed by atoms with Crippen molar-refractivity contribution in [1.82, 2.24) is 0 Å². The van der Waals surface area contributed by atoms with E-state index in [4.69, 9.17) is 12.2 Å². The molecule has 0 amide bonds. The molecule has 10 heavy (non-hydrogen) atoms. The molecule has 2 heteroatoms. The molecule has 0 aromatic rings. The summed E-state index contributed by atoms with van der Waals surface area (Å²) in [6.45, 7) is 0. The van der Waals surface area contributed by atoms with Crippen molar-refractivity contribution in [3.05, 3.63) is 0 Å². The van der Waals surface area contributed by atoms with E-state index < -0.39 is 6.10 Å². The van der Waals surface area contributed by atoms with Crippen LogP contribution < -0.4 is 0 Å². The normalized spacial score (nSPS) is 29.3. The van der Waals surface area contributed by atoms with E-state index >= 15 is 0 Å². The molecule has 0 spiro atoms. The van der Waals surface area contributed by atoms with Crippen molar-refractivity contribution in [2.45, 2.75) is 44.6 Å². The zero-order chi connectivity index (χ0) is 7.40. The summed E-state index contributed by atoms with van der Waals surface area (Å²) in [5.41, 5.74) is 0. The van der Waals surface area contributed by atoms with Gasteiger partial charge in [-0.25, -0.2) is 5.11 Å². The van der Waals surface area contributed by atoms with Crippen LogP contribution in [0.4, 0.5) is 0 Å². The predicted molar refractivity (Wildman–Crippen MR) is 44.8 cm³/mol. The lowest BCUT2D eigenvalue weighted by Crippen LogP contribution is -2.17. The van der Waals surface area contributed by atoms with Gasteiger partial charge in [-0.15, -0.1) is 0 Å². The Hall–Kier alpha value is 0.0500. The third kappa shape index (κ3) is 2.35. The minimum atomic E-state index is -0.532. The summed E-state index contributed by atoms with van der Waals surface area (Å²) >= 11 is 4.96. The SMILES string of the molecule is [O]C1CCCCCCC1=S. The third-order valence-electron chi connectivity index (χ3n) is 2.00. The highest BCUT2D eigenvalue weighted by molar-refractivity contribution is 7.80. The molecule has 1 unspecified atom stereocenters. The summed E-state index contributed by atoms with van der Waals surface area (Å²) in [6.07, 6.45) is 5.83. The number of thiocarbonyl (C=S) groups is 1. The van der Waals surface area contributed by atoms with Crippen LogP contribution in [0.2, 0.25) is 0 Å². The van der Waals surface area contributed by atoms with Crippen molar-refractivity contribution in [3.63, 3.8) is 0 Å². The average molecular weight is 157 g/mol. The highest BCUT2D eigenvalue weighted by Gasteiger charge is 2.13. The third-order valence-corrected chi connectivity index (χ3v) is 2.47. The zero-order valence-electron chi connectivity index (χ0n) is 6.14. The van der Waals surface area contributed by atoms with Crippen LogP contribution in [-0.2, 0) is 5.11 Å². The van der Waals surface area contributed by atoms with Crippen molar-refractivity contribution in [3.8, 4) is 0 Å². The van der Waals surface area contributed by atoms with E-state index in [-0.39, 0.29) is 0 Å². The second kappa shape index (κ2) is 4.04. The van der Waals surface area contributed by atoms with E-state index in [1.54, 1.807) is 0 Å². The van der Waals surface area contributed by atoms with Gasteiger partial charge in [-0.3, -0.25) is 0 Å². The van der Waals surface area contributed by atoms with E-state index in [0.717, 1.165) is 30.5 Å². The smallest absolute Gasteiger partial charge is 0.124 e. The first-order valence-corrected chi connectivity index (χ1v) is 4.40. The molecule has 0 aromatic carbocycles. The molecule has 0 aliphatic heterocycles. The predicted octanol–water partition coefficient (Wildman–Crippen LogP) is 2.51. The molecule has 0 heterocycles. The highest BCUT2D eigenvalue weighted by Crippen LogP contribution is 2.15. The van der Waals surface area contributed by atoms with Crippen molar-refractivity contribution in [2.75, 3.05) is 0 Å². The summed E-state index contributed by atoms with van der Waals surface area (Å²) in [5.74, 6) is 0. The molecule has 1 aliphatic carbocycles. The fourth-order valence-corrected chi connectivity index (χ4v) is 1.57. The zero-order valence-corrected chi connectivity index (χ0v) is 6.95. The molecule has 1 saturated carbocycles. The molecular formula is C8H13OS. The van der Waals surface area contributed by atoms with Crippen molar-refractivity contribution < 1.29 is 5.11 Å². The number of hydrogen-bond donors (Lipinski definition) is 0. The quantitative estimate of drug-likeness (QED) is 0.495. The van der Waals surface area contributed by atoms with Crippen molar-refractivity contribution >= 4 is 17.1 Å². The minimum Gasteiger partial charge on any atom is -0.227 e. The van der Waals surface area contributed by atoms with Crippen LogP contribution in [0.1, 0.15) is 38.5 Å². The van der Waals surface area contributed by atoms with Gasteiger partial charge in [0.2, 0.25) is 0 Å². The minimum absolute atomic E-state index is 0.532. The van der Waals surface area contributed by atoms with Gasteiger partial charge < -0.3 is 0 Å². The van der Waals surface area contributed by atoms with Gasteiger partial charge in [0.1, 0.15) is 6.10 Å². The Kier molecular flexibility index (Phi) is 3.29. The Morgan fingerprint density at radius 1 is 1.20 bits per heavy atom. The molecule has 0 saturated heterocycles. The molecule has 0 aromatic heterocycles. The van der Waals surface area contributed by atoms with Crippen LogP contribution >= 0.6 is 12.2 Å². The maximum absolute atomic E-state index is 11.1. The Labute approximate surface area is 67.4 Å². The summed E-state index contributed by atoms with van der Waals surface area (Å²) in [6, 6.07) is 0. The lowest BCUT2D eigenvalue weighted by Gasteiger charge is -2.12. The van der Waals surface area contributed by atoms with Crippen LogP contribution in [0.3, 0.4) is 0 Å². The van der Waals surface area contributed by atoms with E-state index in [1.165, 1.54) is 12.8 Å². The van der Waals surface area contributed by atoms with E-state index in [9.17, 15) is 5.11 Å². The maximum Gasteiger partial charge on any atom is 0.124 e. The first kappa shape index (κ1) is 8.15. The lowest BCUT2D eigenvalue weighted by molar-refractivity contribution is 0.133. The van der Waals surface area contributed by atoms with Crippen LogP contribution in [0.25, 0.3) is 0 Å². The topological polar surface area (TPSA) is 19.9 Å². The molecule has 0 N–H and O–H groups in total. The van der Waals surface area contributed by atoms with Crippen molar-refractivity contribution in [2.24, 2.45) is 0 Å². The van der Waals surface area contributed by atoms with Gasteiger partial charge in [0.15, 0.2) is 0 Å². The van der Waals surface area contributed by atoms with Gasteiger partial charge in [0.05, 0.1) is 0 Å². The van der Waals surface area contributed by atoms with Crippen LogP contribution in [0, 0.1) is 0 Å². The average Bonchev–Trinajstić information content (AvgIpc) is 1.92. The number of hydrogen-bond acceptors (Lipinski definition) is 1. The Morgan fingerprint density at radius 2 is 1.90 bits per heavy atom. The maximum atomic E-state index is 11.1. The monoisotopic (exact) mass is 157 g/mol. The van der Waals surface area contributed by atoms with E-state index in [2.05, 4.69) is 0 Å². The Bertz CT molecular complexity index is 122. The van der Waals surface area contributed by atoms with Crippen LogP contribution in [-0.4, -0.2) is 11.0 Å². The summed E-state index contributed by atoms with van der Waals surface area (Å²) in [5, 5.41) is 11.1. The summed E-state index contributed by atoms with van der Waals surface area (Å²) in [7, 11) is 0. The fourth-order valence-electron chi connectivity index (χ4n) is 1.30. The van der Waals surface area contributed by atoms with E-state index in [1.807, 2.05) is 0 Å². The van der Waals surface area contributed by atoms with Crippen LogP contribution in [0.5, 0.6) is 0 Å². The van der Waals surface area contributed by atoms with Gasteiger partial charge in [0.25, 0.3) is 0 Å². The molecule has 1 fully saturated rings. The Balaban J connectivity index is 2.35. The Morgan fingerprint density at radius 3 is 2.70 bits per heavy atom. The van der Waals surface area contributed by atoms with Crippen molar-refractivity contribution in [1.29, 1.82) is 0 Å². The molecule has 57 valence electrons. The van der Waals surface area contributed by atoms with Gasteiger partial charge in [-0.1, -0.05) is 31.5 Å². The summed E-state index contributed by atoms with van der Waals surface area (Å²) in [4.78, 5) is 0.764. The molecule has 1 rings (SSSR count). The van der Waals surface area contributed by atoms with Gasteiger partial charge in [0, 0.05) is 4.86 Å². The molecule has 1 atom stereocenters. The largest absolute Gasteiger partial charge is 0.227 e.